The lowest BCUT2D eigenvalue weighted by Gasteiger charge is -2.23. The summed E-state index contributed by atoms with van der Waals surface area (Å²) in [4.78, 5) is 0. The molecule has 0 aliphatic carbocycles. The van der Waals surface area contributed by atoms with E-state index in [9.17, 15) is 18.6 Å². The van der Waals surface area contributed by atoms with Crippen molar-refractivity contribution in [3.05, 3.63) is 124 Å². The van der Waals surface area contributed by atoms with Gasteiger partial charge >= 0.3 is 0 Å². The van der Waals surface area contributed by atoms with Gasteiger partial charge in [0.2, 0.25) is 0 Å². The number of hydrogen-bond acceptors (Lipinski definition) is 5. The Morgan fingerprint density at radius 3 is 2.21 bits per heavy atom. The summed E-state index contributed by atoms with van der Waals surface area (Å²) in [5.74, 6) is 0.234. The largest absolute Gasteiger partial charge is 0.508 e. The van der Waals surface area contributed by atoms with Gasteiger partial charge in [0.1, 0.15) is 11.9 Å². The second-order valence-electron chi connectivity index (χ2n) is 10.00. The molecule has 0 fully saturated rings. The van der Waals surface area contributed by atoms with Gasteiger partial charge in [-0.1, -0.05) is 107 Å². The van der Waals surface area contributed by atoms with Crippen LogP contribution in [-0.4, -0.2) is 24.9 Å². The molecule has 1 unspecified atom stereocenters. The average Bonchev–Trinajstić information content (AvgIpc) is 2.95. The third kappa shape index (κ3) is 12.6. The molecule has 2 N–H and O–H groups in total. The lowest BCUT2D eigenvalue weighted by molar-refractivity contribution is 0.0773. The Morgan fingerprint density at radius 1 is 0.952 bits per heavy atom. The number of phenols is 1. The molecule has 228 valence electrons. The second-order valence-corrected chi connectivity index (χ2v) is 11.6. The van der Waals surface area contributed by atoms with E-state index in [0.717, 1.165) is 45.2 Å². The lowest BCUT2D eigenvalue weighted by atomic mass is 9.90. The first kappa shape index (κ1) is 36.6. The smallest absolute Gasteiger partial charge is 0.264 e. The van der Waals surface area contributed by atoms with Crippen molar-refractivity contribution in [1.29, 1.82) is 0 Å². The van der Waals surface area contributed by atoms with Crippen LogP contribution in [0.15, 0.2) is 91.0 Å². The van der Waals surface area contributed by atoms with Crippen LogP contribution in [0.25, 0.3) is 12.2 Å². The third-order valence-corrected chi connectivity index (χ3v) is 6.73. The van der Waals surface area contributed by atoms with Crippen LogP contribution in [0.1, 0.15) is 87.4 Å². The number of phenolic OH excluding ortho intramolecular Hbond substituents is 1. The van der Waals surface area contributed by atoms with E-state index in [2.05, 4.69) is 6.58 Å². The van der Waals surface area contributed by atoms with Crippen molar-refractivity contribution in [2.75, 3.05) is 6.26 Å². The second kappa shape index (κ2) is 17.5. The molecule has 0 saturated heterocycles. The molecule has 0 aliphatic heterocycles. The van der Waals surface area contributed by atoms with Crippen LogP contribution in [-0.2, 0) is 26.3 Å². The molecule has 3 aromatic rings. The van der Waals surface area contributed by atoms with E-state index in [0.29, 0.717) is 12.8 Å². The van der Waals surface area contributed by atoms with Gasteiger partial charge in [-0.15, -0.1) is 0 Å². The van der Waals surface area contributed by atoms with Crippen molar-refractivity contribution >= 4 is 22.3 Å². The molecular formula is C36H48O5S. The van der Waals surface area contributed by atoms with Crippen molar-refractivity contribution in [2.24, 2.45) is 0 Å². The van der Waals surface area contributed by atoms with Gasteiger partial charge in [0.05, 0.1) is 11.9 Å². The molecule has 1 atom stereocenters. The van der Waals surface area contributed by atoms with E-state index < -0.39 is 21.8 Å². The number of rotatable bonds is 11. The van der Waals surface area contributed by atoms with Crippen molar-refractivity contribution in [3.63, 3.8) is 0 Å². The molecular weight excluding hydrogens is 544 g/mol. The highest BCUT2D eigenvalue weighted by Gasteiger charge is 2.22. The average molecular weight is 593 g/mol. The summed E-state index contributed by atoms with van der Waals surface area (Å²) in [5.41, 5.74) is 5.13. The Balaban J connectivity index is 0.00000211. The summed E-state index contributed by atoms with van der Waals surface area (Å²) in [6, 6.07) is 20.4. The third-order valence-electron chi connectivity index (χ3n) is 6.15. The number of aryl methyl sites for hydroxylation is 2. The Morgan fingerprint density at radius 2 is 1.60 bits per heavy atom. The molecule has 0 amide bonds. The Hall–Kier alpha value is -3.45. The standard InChI is InChI=1S/C32H36O5S.2C2H6/c1-23(14-16-26-17-19-29(33)21-24(26)2)13-15-25-9-8-11-28(22-25)31(37-38(5,35)36)20-18-27-10-6-7-12-30(27)32(3,4)34;2*1-2/h6-17,19,21-22,31,33-34H,1,18,20H2,2-5H3;2*1-2H3/b15-13+,16-14-;;. The van der Waals surface area contributed by atoms with Crippen molar-refractivity contribution < 1.29 is 22.8 Å². The number of allylic oxidation sites excluding steroid dienone is 3. The normalized spacial score (nSPS) is 12.3. The number of aromatic hydroxyl groups is 1. The van der Waals surface area contributed by atoms with Crippen LogP contribution >= 0.6 is 0 Å². The summed E-state index contributed by atoms with van der Waals surface area (Å²) in [7, 11) is -3.70. The van der Waals surface area contributed by atoms with Crippen molar-refractivity contribution in [2.45, 2.75) is 73.0 Å². The maximum Gasteiger partial charge on any atom is 0.264 e. The molecule has 3 rings (SSSR count). The maximum absolute atomic E-state index is 12.1. The zero-order valence-corrected chi connectivity index (χ0v) is 27.2. The highest BCUT2D eigenvalue weighted by Crippen LogP contribution is 2.30. The van der Waals surface area contributed by atoms with Gasteiger partial charge in [0, 0.05) is 0 Å². The zero-order valence-electron chi connectivity index (χ0n) is 26.4. The van der Waals surface area contributed by atoms with E-state index in [1.54, 1.807) is 26.0 Å². The molecule has 0 saturated carbocycles. The highest BCUT2D eigenvalue weighted by molar-refractivity contribution is 7.86. The predicted octanol–water partition coefficient (Wildman–Crippen LogP) is 8.91. The first-order valence-electron chi connectivity index (χ1n) is 14.5. The molecule has 0 radical (unpaired) electrons. The van der Waals surface area contributed by atoms with Crippen LogP contribution in [0.2, 0.25) is 0 Å². The molecule has 0 bridgehead atoms. The van der Waals surface area contributed by atoms with Gasteiger partial charge < -0.3 is 10.2 Å². The molecule has 0 aliphatic rings. The van der Waals surface area contributed by atoms with Gasteiger partial charge in [-0.05, 0) is 90.8 Å². The topological polar surface area (TPSA) is 83.8 Å². The van der Waals surface area contributed by atoms with Gasteiger partial charge in [-0.2, -0.15) is 8.42 Å². The summed E-state index contributed by atoms with van der Waals surface area (Å²) in [6.07, 6.45) is 9.00. The molecule has 42 heavy (non-hydrogen) atoms. The Kier molecular flexibility index (Phi) is 15.2. The molecule has 6 heteroatoms. The summed E-state index contributed by atoms with van der Waals surface area (Å²) < 4.78 is 29.6. The van der Waals surface area contributed by atoms with Crippen molar-refractivity contribution in [3.8, 4) is 5.75 Å². The van der Waals surface area contributed by atoms with Gasteiger partial charge in [-0.3, -0.25) is 4.18 Å². The molecule has 0 heterocycles. The van der Waals surface area contributed by atoms with Crippen LogP contribution in [0.3, 0.4) is 0 Å². The summed E-state index contributed by atoms with van der Waals surface area (Å²) >= 11 is 0. The first-order chi connectivity index (χ1) is 19.8. The fraction of sp³-hybridized carbons (Fsp3) is 0.333. The molecule has 3 aromatic carbocycles. The SMILES string of the molecule is C=C(/C=C\c1ccc(O)cc1C)/C=C/c1cccc(C(CCc2ccccc2C(C)(C)O)OS(C)(=O)=O)c1.CC.CC. The van der Waals surface area contributed by atoms with Gasteiger partial charge in [0.15, 0.2) is 0 Å². The van der Waals surface area contributed by atoms with E-state index in [-0.39, 0.29) is 5.75 Å². The summed E-state index contributed by atoms with van der Waals surface area (Å²) in [5, 5.41) is 20.1. The number of benzene rings is 3. The van der Waals surface area contributed by atoms with E-state index >= 15 is 0 Å². The minimum atomic E-state index is -3.70. The van der Waals surface area contributed by atoms with E-state index in [1.807, 2.05) is 114 Å². The van der Waals surface area contributed by atoms with Crippen LogP contribution in [0.5, 0.6) is 5.75 Å². The van der Waals surface area contributed by atoms with Crippen molar-refractivity contribution in [1.82, 2.24) is 0 Å². The zero-order chi connectivity index (χ0) is 31.9. The minimum Gasteiger partial charge on any atom is -0.508 e. The molecule has 5 nitrogen and oxygen atoms in total. The number of hydrogen-bond donors (Lipinski definition) is 2. The minimum absolute atomic E-state index is 0.234. The van der Waals surface area contributed by atoms with Crippen LogP contribution in [0.4, 0.5) is 0 Å². The van der Waals surface area contributed by atoms with Crippen LogP contribution < -0.4 is 0 Å². The Bertz CT molecular complexity index is 1440. The van der Waals surface area contributed by atoms with Crippen LogP contribution in [0, 0.1) is 6.92 Å². The molecule has 0 aromatic heterocycles. The van der Waals surface area contributed by atoms with Gasteiger partial charge in [0.25, 0.3) is 10.1 Å². The predicted molar refractivity (Wildman–Crippen MR) is 178 cm³/mol. The highest BCUT2D eigenvalue weighted by atomic mass is 32.2. The first-order valence-corrected chi connectivity index (χ1v) is 16.3. The quantitative estimate of drug-likeness (QED) is 0.172. The Labute approximate surface area is 254 Å². The van der Waals surface area contributed by atoms with Gasteiger partial charge in [-0.25, -0.2) is 0 Å². The fourth-order valence-electron chi connectivity index (χ4n) is 4.27. The van der Waals surface area contributed by atoms with E-state index in [4.69, 9.17) is 4.18 Å². The van der Waals surface area contributed by atoms with E-state index in [1.165, 1.54) is 0 Å². The lowest BCUT2D eigenvalue weighted by Crippen LogP contribution is -2.18. The fourth-order valence-corrected chi connectivity index (χ4v) is 4.90. The maximum atomic E-state index is 12.1. The number of aliphatic hydroxyl groups is 1. The monoisotopic (exact) mass is 592 g/mol. The molecule has 0 spiro atoms. The summed E-state index contributed by atoms with van der Waals surface area (Å²) in [6.45, 7) is 17.5.